The molecular weight excluding hydrogens is 466 g/mol. The van der Waals surface area contributed by atoms with Crippen LogP contribution >= 0.6 is 11.6 Å². The van der Waals surface area contributed by atoms with Crippen molar-refractivity contribution in [3.05, 3.63) is 76.9 Å². The Morgan fingerprint density at radius 3 is 2.49 bits per heavy atom. The van der Waals surface area contributed by atoms with Crippen molar-refractivity contribution in [2.45, 2.75) is 31.2 Å². The van der Waals surface area contributed by atoms with E-state index in [0.29, 0.717) is 10.6 Å². The lowest BCUT2D eigenvalue weighted by Gasteiger charge is -2.37. The molecule has 0 unspecified atom stereocenters. The van der Waals surface area contributed by atoms with Crippen molar-refractivity contribution in [2.75, 3.05) is 18.0 Å². The molecule has 0 amide bonds. The lowest BCUT2D eigenvalue weighted by Crippen LogP contribution is -2.44. The summed E-state index contributed by atoms with van der Waals surface area (Å²) >= 11 is 6.08. The van der Waals surface area contributed by atoms with Crippen LogP contribution in [-0.2, 0) is 4.84 Å². The number of hydrogen-bond donors (Lipinski definition) is 3. The number of halogens is 1. The molecule has 0 radical (unpaired) electrons. The van der Waals surface area contributed by atoms with Crippen LogP contribution in [0.25, 0.3) is 22.4 Å². The van der Waals surface area contributed by atoms with E-state index in [1.165, 1.54) is 0 Å². The molecule has 2 aromatic heterocycles. The normalized spacial score (nSPS) is 17.3. The Labute approximate surface area is 206 Å². The summed E-state index contributed by atoms with van der Waals surface area (Å²) in [6.07, 6.45) is 2.81. The Balaban J connectivity index is 1.10. The van der Waals surface area contributed by atoms with E-state index in [9.17, 15) is 10.2 Å². The first-order chi connectivity index (χ1) is 17.0. The van der Waals surface area contributed by atoms with Gasteiger partial charge in [0.15, 0.2) is 6.29 Å². The molecule has 9 heteroatoms. The van der Waals surface area contributed by atoms with E-state index in [0.717, 1.165) is 71.9 Å². The van der Waals surface area contributed by atoms with Gasteiger partial charge < -0.3 is 24.9 Å². The molecule has 1 fully saturated rings. The Bertz CT molecular complexity index is 1390. The van der Waals surface area contributed by atoms with Crippen LogP contribution in [0.4, 0.5) is 5.82 Å². The van der Waals surface area contributed by atoms with Crippen molar-refractivity contribution in [3.63, 3.8) is 0 Å². The third kappa shape index (κ3) is 4.25. The molecule has 1 saturated heterocycles. The van der Waals surface area contributed by atoms with Gasteiger partial charge in [-0.3, -0.25) is 0 Å². The highest BCUT2D eigenvalue weighted by Gasteiger charge is 2.42. The predicted molar refractivity (Wildman–Crippen MR) is 134 cm³/mol. The number of piperidine rings is 1. The number of rotatable bonds is 4. The maximum atomic E-state index is 9.29. The third-order valence-electron chi connectivity index (χ3n) is 6.85. The van der Waals surface area contributed by atoms with Crippen molar-refractivity contribution < 1.29 is 15.1 Å². The highest BCUT2D eigenvalue weighted by molar-refractivity contribution is 6.31. The number of fused-ring (bicyclic) bond motifs is 1. The first-order valence-corrected chi connectivity index (χ1v) is 11.9. The average Bonchev–Trinajstić information content (AvgIpc) is 3.49. The van der Waals surface area contributed by atoms with Crippen LogP contribution in [0, 0.1) is 0 Å². The number of benzene rings is 2. The molecule has 8 nitrogen and oxygen atoms in total. The van der Waals surface area contributed by atoms with Gasteiger partial charge in [0.05, 0.1) is 16.7 Å². The molecule has 0 aliphatic carbocycles. The summed E-state index contributed by atoms with van der Waals surface area (Å²) in [5.41, 5.74) is 4.70. The molecule has 6 rings (SSSR count). The Kier molecular flexibility index (Phi) is 5.44. The largest absolute Gasteiger partial charge is 0.388 e. The minimum atomic E-state index is -1.47. The lowest BCUT2D eigenvalue weighted by atomic mass is 9.85. The lowest BCUT2D eigenvalue weighted by molar-refractivity contribution is -0.0425. The van der Waals surface area contributed by atoms with Crippen molar-refractivity contribution in [1.82, 2.24) is 15.0 Å². The quantitative estimate of drug-likeness (QED) is 0.366. The number of oxime groups is 1. The summed E-state index contributed by atoms with van der Waals surface area (Å²) in [5, 5.41) is 23.6. The first-order valence-electron chi connectivity index (χ1n) is 11.6. The van der Waals surface area contributed by atoms with Crippen LogP contribution in [-0.4, -0.2) is 49.6 Å². The summed E-state index contributed by atoms with van der Waals surface area (Å²) in [7, 11) is 0. The van der Waals surface area contributed by atoms with Gasteiger partial charge >= 0.3 is 0 Å². The zero-order valence-corrected chi connectivity index (χ0v) is 19.6. The molecule has 0 bridgehead atoms. The predicted octanol–water partition coefficient (Wildman–Crippen LogP) is 4.43. The molecule has 4 aromatic rings. The molecule has 1 spiro atoms. The topological polar surface area (TPSA) is 107 Å². The Hall–Kier alpha value is -3.46. The summed E-state index contributed by atoms with van der Waals surface area (Å²) in [4.78, 5) is 20.9. The number of aromatic nitrogens is 3. The van der Waals surface area contributed by atoms with Crippen molar-refractivity contribution in [2.24, 2.45) is 5.16 Å². The van der Waals surface area contributed by atoms with Gasteiger partial charge in [-0.1, -0.05) is 41.0 Å². The number of nitrogens with one attached hydrogen (secondary N) is 1. The molecule has 4 heterocycles. The number of aliphatic hydroxyl groups excluding tert-OH is 1. The van der Waals surface area contributed by atoms with E-state index in [-0.39, 0.29) is 5.60 Å². The number of pyridine rings is 1. The number of aromatic amines is 1. The van der Waals surface area contributed by atoms with E-state index in [1.807, 2.05) is 48.7 Å². The van der Waals surface area contributed by atoms with Crippen LogP contribution in [0.2, 0.25) is 5.02 Å². The fourth-order valence-corrected chi connectivity index (χ4v) is 4.94. The van der Waals surface area contributed by atoms with Crippen LogP contribution in [0.5, 0.6) is 0 Å². The second-order valence-corrected chi connectivity index (χ2v) is 9.56. The summed E-state index contributed by atoms with van der Waals surface area (Å²) in [6, 6.07) is 16.8. The minimum absolute atomic E-state index is 0.295. The molecule has 2 aliphatic rings. The average molecular weight is 490 g/mol. The van der Waals surface area contributed by atoms with Gasteiger partial charge in [0, 0.05) is 54.7 Å². The van der Waals surface area contributed by atoms with Gasteiger partial charge in [-0.05, 0) is 35.9 Å². The number of nitrogens with zero attached hydrogens (tertiary/aromatic N) is 4. The second-order valence-electron chi connectivity index (χ2n) is 9.12. The van der Waals surface area contributed by atoms with E-state index in [2.05, 4.69) is 20.0 Å². The molecule has 0 saturated carbocycles. The fraction of sp³-hybridized carbons (Fsp3) is 0.269. The third-order valence-corrected chi connectivity index (χ3v) is 7.08. The van der Waals surface area contributed by atoms with Crippen LogP contribution in [0.1, 0.15) is 36.7 Å². The number of hydrogen-bond acceptors (Lipinski definition) is 7. The summed E-state index contributed by atoms with van der Waals surface area (Å²) < 4.78 is 0. The van der Waals surface area contributed by atoms with Gasteiger partial charge in [-0.2, -0.15) is 0 Å². The van der Waals surface area contributed by atoms with E-state index in [4.69, 9.17) is 21.4 Å². The monoisotopic (exact) mass is 489 g/mol. The number of imidazole rings is 1. The standard InChI is InChI=1S/C26H24ClN5O3/c27-19-6-7-20-21(13-19)30-24(29-20)18-5-8-23(28-15-18)32-11-9-26(10-12-32)14-22(31-35-26)16-1-3-17(4-2-16)25(33)34/h1-8,13,15,25,33-34H,9-12,14H2,(H,29,30). The number of aliphatic hydroxyl groups is 2. The zero-order chi connectivity index (χ0) is 24.0. The molecule has 35 heavy (non-hydrogen) atoms. The molecule has 178 valence electrons. The van der Waals surface area contributed by atoms with Crippen LogP contribution in [0.3, 0.4) is 0 Å². The number of anilines is 1. The van der Waals surface area contributed by atoms with Gasteiger partial charge in [0.25, 0.3) is 0 Å². The Morgan fingerprint density at radius 1 is 1.00 bits per heavy atom. The maximum Gasteiger partial charge on any atom is 0.178 e. The molecule has 0 atom stereocenters. The van der Waals surface area contributed by atoms with E-state index < -0.39 is 6.29 Å². The van der Waals surface area contributed by atoms with Gasteiger partial charge in [-0.15, -0.1) is 0 Å². The summed E-state index contributed by atoms with van der Waals surface area (Å²) in [5.74, 6) is 1.70. The highest BCUT2D eigenvalue weighted by atomic mass is 35.5. The maximum absolute atomic E-state index is 9.29. The minimum Gasteiger partial charge on any atom is -0.388 e. The highest BCUT2D eigenvalue weighted by Crippen LogP contribution is 2.37. The van der Waals surface area contributed by atoms with Crippen LogP contribution in [0.15, 0.2) is 65.9 Å². The summed E-state index contributed by atoms with van der Waals surface area (Å²) in [6.45, 7) is 1.65. The van der Waals surface area contributed by atoms with Crippen LogP contribution < -0.4 is 4.90 Å². The smallest absolute Gasteiger partial charge is 0.178 e. The SMILES string of the molecule is OC(O)c1ccc(C2=NOC3(CCN(c4ccc(-c5nc6ccc(Cl)cc6[nH]5)cn4)CC3)C2)cc1. The second kappa shape index (κ2) is 8.64. The number of H-pyrrole nitrogens is 1. The zero-order valence-electron chi connectivity index (χ0n) is 18.9. The molecule has 2 aliphatic heterocycles. The van der Waals surface area contributed by atoms with E-state index >= 15 is 0 Å². The van der Waals surface area contributed by atoms with Crippen molar-refractivity contribution >= 4 is 34.2 Å². The van der Waals surface area contributed by atoms with Gasteiger partial charge in [-0.25, -0.2) is 9.97 Å². The molecule has 2 aromatic carbocycles. The molecular formula is C26H24ClN5O3. The first kappa shape index (κ1) is 22.0. The van der Waals surface area contributed by atoms with Crippen molar-refractivity contribution in [1.29, 1.82) is 0 Å². The van der Waals surface area contributed by atoms with E-state index in [1.54, 1.807) is 12.1 Å². The van der Waals surface area contributed by atoms with Gasteiger partial charge in [0.2, 0.25) is 0 Å². The fourth-order valence-electron chi connectivity index (χ4n) is 4.77. The molecule has 3 N–H and O–H groups in total. The Morgan fingerprint density at radius 2 is 1.77 bits per heavy atom. The van der Waals surface area contributed by atoms with Gasteiger partial charge in [0.1, 0.15) is 17.2 Å². The van der Waals surface area contributed by atoms with Crippen molar-refractivity contribution in [3.8, 4) is 11.4 Å².